The van der Waals surface area contributed by atoms with E-state index in [0.29, 0.717) is 28.5 Å². The van der Waals surface area contributed by atoms with Crippen LogP contribution in [0.15, 0.2) is 33.9 Å². The summed E-state index contributed by atoms with van der Waals surface area (Å²) in [6.45, 7) is 6.47. The lowest BCUT2D eigenvalue weighted by molar-refractivity contribution is 0.498. The molecule has 0 saturated carbocycles. The predicted molar refractivity (Wildman–Crippen MR) is 87.2 cm³/mol. The van der Waals surface area contributed by atoms with Crippen LogP contribution in [0.3, 0.4) is 0 Å². The number of aryl methyl sites for hydroxylation is 1. The summed E-state index contributed by atoms with van der Waals surface area (Å²) in [7, 11) is 0. The number of rotatable bonds is 2. The van der Waals surface area contributed by atoms with Gasteiger partial charge in [0.1, 0.15) is 16.0 Å². The van der Waals surface area contributed by atoms with Crippen molar-refractivity contribution in [1.82, 2.24) is 9.55 Å². The van der Waals surface area contributed by atoms with Gasteiger partial charge in [-0.1, -0.05) is 26.0 Å². The average molecular weight is 300 g/mol. The van der Waals surface area contributed by atoms with Crippen LogP contribution in [0.2, 0.25) is 0 Å². The first kappa shape index (κ1) is 13.9. The van der Waals surface area contributed by atoms with E-state index >= 15 is 0 Å². The fourth-order valence-electron chi connectivity index (χ4n) is 2.47. The lowest BCUT2D eigenvalue weighted by Gasteiger charge is -2.12. The molecule has 0 saturated heterocycles. The van der Waals surface area contributed by atoms with Crippen LogP contribution >= 0.6 is 11.3 Å². The Labute approximate surface area is 125 Å². The minimum atomic E-state index is -0.224. The zero-order valence-corrected chi connectivity index (χ0v) is 13.0. The van der Waals surface area contributed by atoms with Crippen LogP contribution in [0.25, 0.3) is 20.3 Å². The molecule has 21 heavy (non-hydrogen) atoms. The minimum Gasteiger partial charge on any atom is -0.296 e. The second-order valence-electron chi connectivity index (χ2n) is 5.58. The first-order valence-electron chi connectivity index (χ1n) is 6.92. The number of fused-ring (bicyclic) bond motifs is 2. The van der Waals surface area contributed by atoms with Crippen molar-refractivity contribution in [2.24, 2.45) is 5.92 Å². The van der Waals surface area contributed by atoms with Crippen LogP contribution in [0.1, 0.15) is 19.7 Å². The van der Waals surface area contributed by atoms with Crippen molar-refractivity contribution in [2.75, 3.05) is 0 Å². The smallest absolute Gasteiger partial charge is 0.266 e. The maximum Gasteiger partial charge on any atom is 0.266 e. The van der Waals surface area contributed by atoms with Gasteiger partial charge in [-0.15, -0.1) is 11.3 Å². The lowest BCUT2D eigenvalue weighted by atomic mass is 10.2. The molecular formula is C16H16N2O2S. The molecule has 4 nitrogen and oxygen atoms in total. The van der Waals surface area contributed by atoms with Crippen molar-refractivity contribution < 1.29 is 0 Å². The van der Waals surface area contributed by atoms with Crippen LogP contribution in [-0.2, 0) is 6.54 Å². The van der Waals surface area contributed by atoms with Gasteiger partial charge in [-0.05, 0) is 25.0 Å². The molecule has 0 aliphatic heterocycles. The van der Waals surface area contributed by atoms with Gasteiger partial charge in [0.15, 0.2) is 0 Å². The van der Waals surface area contributed by atoms with Crippen molar-refractivity contribution in [2.45, 2.75) is 27.3 Å². The summed E-state index contributed by atoms with van der Waals surface area (Å²) in [5.74, 6) is 0.979. The largest absolute Gasteiger partial charge is 0.296 e. The maximum atomic E-state index is 12.7. The van der Waals surface area contributed by atoms with Crippen LogP contribution in [0.5, 0.6) is 0 Å². The lowest BCUT2D eigenvalue weighted by Crippen LogP contribution is -2.29. The molecule has 0 fully saturated rings. The Balaban J connectivity index is 2.48. The van der Waals surface area contributed by atoms with Gasteiger partial charge in [0.05, 0.1) is 0 Å². The summed E-state index contributed by atoms with van der Waals surface area (Å²) in [5, 5.41) is 0.804. The molecule has 108 valence electrons. The van der Waals surface area contributed by atoms with Crippen molar-refractivity contribution >= 4 is 31.6 Å². The summed E-state index contributed by atoms with van der Waals surface area (Å²) in [6, 6.07) is 7.35. The Hall–Kier alpha value is -2.01. The zero-order chi connectivity index (χ0) is 15.1. The molecule has 0 atom stereocenters. The number of nitrogens with zero attached hydrogens (tertiary/aromatic N) is 2. The molecule has 0 unspecified atom stereocenters. The van der Waals surface area contributed by atoms with Gasteiger partial charge >= 0.3 is 0 Å². The summed E-state index contributed by atoms with van der Waals surface area (Å²) in [5.41, 5.74) is -0.437. The zero-order valence-electron chi connectivity index (χ0n) is 12.2. The first-order valence-corrected chi connectivity index (χ1v) is 7.73. The molecule has 2 aromatic heterocycles. The van der Waals surface area contributed by atoms with E-state index in [1.807, 2.05) is 39.0 Å². The Morgan fingerprint density at radius 3 is 2.67 bits per heavy atom. The quantitative estimate of drug-likeness (QED) is 0.684. The molecule has 0 amide bonds. The highest BCUT2D eigenvalue weighted by molar-refractivity contribution is 7.24. The second kappa shape index (κ2) is 5.07. The van der Waals surface area contributed by atoms with E-state index in [4.69, 9.17) is 0 Å². The van der Waals surface area contributed by atoms with E-state index in [0.717, 1.165) is 4.70 Å². The fraction of sp³-hybridized carbons (Fsp3) is 0.312. The molecule has 2 heterocycles. The van der Waals surface area contributed by atoms with Gasteiger partial charge < -0.3 is 0 Å². The first-order chi connectivity index (χ1) is 9.99. The number of hydrogen-bond donors (Lipinski definition) is 0. The molecule has 0 spiro atoms. The van der Waals surface area contributed by atoms with Gasteiger partial charge in [0, 0.05) is 16.6 Å². The molecule has 5 heteroatoms. The van der Waals surface area contributed by atoms with Gasteiger partial charge in [-0.2, -0.15) is 0 Å². The van der Waals surface area contributed by atoms with Crippen molar-refractivity contribution in [3.63, 3.8) is 0 Å². The topological polar surface area (TPSA) is 52.0 Å². The summed E-state index contributed by atoms with van der Waals surface area (Å²) >= 11 is 1.40. The summed E-state index contributed by atoms with van der Waals surface area (Å²) in [6.07, 6.45) is 0. The third kappa shape index (κ3) is 2.27. The van der Waals surface area contributed by atoms with Crippen LogP contribution in [-0.4, -0.2) is 9.55 Å². The predicted octanol–water partition coefficient (Wildman–Crippen LogP) is 2.94. The summed E-state index contributed by atoms with van der Waals surface area (Å²) < 4.78 is 2.47. The van der Waals surface area contributed by atoms with Gasteiger partial charge in [-0.25, -0.2) is 4.98 Å². The molecule has 0 bridgehead atoms. The highest BCUT2D eigenvalue weighted by atomic mass is 32.1. The normalized spacial score (nSPS) is 11.6. The molecule has 1 aromatic carbocycles. The SMILES string of the molecule is Cc1nc2sc3ccccc3c(=O)c2c(=O)n1CC(C)C. The Morgan fingerprint density at radius 2 is 1.95 bits per heavy atom. The third-order valence-corrected chi connectivity index (χ3v) is 4.50. The standard InChI is InChI=1S/C16H16N2O2S/c1-9(2)8-18-10(3)17-15-13(16(18)20)14(19)11-6-4-5-7-12(11)21-15/h4-7,9H,8H2,1-3H3. The van der Waals surface area contributed by atoms with E-state index < -0.39 is 0 Å². The van der Waals surface area contributed by atoms with E-state index in [1.165, 1.54) is 11.3 Å². The van der Waals surface area contributed by atoms with Gasteiger partial charge in [0.25, 0.3) is 5.56 Å². The molecule has 3 aromatic rings. The number of benzene rings is 1. The van der Waals surface area contributed by atoms with E-state index in [2.05, 4.69) is 4.98 Å². The van der Waals surface area contributed by atoms with E-state index in [1.54, 1.807) is 10.6 Å². The van der Waals surface area contributed by atoms with Crippen molar-refractivity contribution in [3.8, 4) is 0 Å². The maximum absolute atomic E-state index is 12.7. The van der Waals surface area contributed by atoms with Crippen molar-refractivity contribution in [1.29, 1.82) is 0 Å². The highest BCUT2D eigenvalue weighted by Gasteiger charge is 2.15. The number of hydrogen-bond acceptors (Lipinski definition) is 4. The molecule has 0 N–H and O–H groups in total. The molecule has 0 aliphatic carbocycles. The van der Waals surface area contributed by atoms with Gasteiger partial charge in [-0.3, -0.25) is 14.2 Å². The highest BCUT2D eigenvalue weighted by Crippen LogP contribution is 2.21. The fourth-order valence-corrected chi connectivity index (χ4v) is 3.55. The van der Waals surface area contributed by atoms with E-state index in [9.17, 15) is 9.59 Å². The van der Waals surface area contributed by atoms with E-state index in [-0.39, 0.29) is 16.4 Å². The molecule has 3 rings (SSSR count). The Kier molecular flexibility index (Phi) is 3.37. The minimum absolute atomic E-state index is 0.213. The second-order valence-corrected chi connectivity index (χ2v) is 6.61. The number of aromatic nitrogens is 2. The summed E-state index contributed by atoms with van der Waals surface area (Å²) in [4.78, 5) is 30.3. The monoisotopic (exact) mass is 300 g/mol. The van der Waals surface area contributed by atoms with Crippen LogP contribution < -0.4 is 11.0 Å². The van der Waals surface area contributed by atoms with Crippen LogP contribution in [0.4, 0.5) is 0 Å². The van der Waals surface area contributed by atoms with Crippen LogP contribution in [0, 0.1) is 12.8 Å². The molecule has 0 radical (unpaired) electrons. The van der Waals surface area contributed by atoms with Crippen molar-refractivity contribution in [3.05, 3.63) is 50.7 Å². The van der Waals surface area contributed by atoms with Gasteiger partial charge in [0.2, 0.25) is 5.43 Å². The third-order valence-electron chi connectivity index (χ3n) is 3.44. The Bertz CT molecular complexity index is 954. The Morgan fingerprint density at radius 1 is 1.24 bits per heavy atom. The molecular weight excluding hydrogens is 284 g/mol. The average Bonchev–Trinajstić information content (AvgIpc) is 2.43. The molecule has 0 aliphatic rings.